The standard InChI is InChI=1S/C14H18N4O5/c1-10(19)16-4-6-17(7-5-16)13-3-2-12(18(20)21)14(15-13)23-11-8-22-9-11/h2-3,11H,4-9H2,1H3. The highest BCUT2D eigenvalue weighted by Gasteiger charge is 2.28. The van der Waals surface area contributed by atoms with E-state index in [1.165, 1.54) is 6.07 Å². The first-order valence-electron chi connectivity index (χ1n) is 7.45. The van der Waals surface area contributed by atoms with Crippen LogP contribution in [0.15, 0.2) is 12.1 Å². The van der Waals surface area contributed by atoms with Crippen LogP contribution in [0, 0.1) is 10.1 Å². The molecule has 0 aliphatic carbocycles. The van der Waals surface area contributed by atoms with Crippen molar-refractivity contribution in [3.05, 3.63) is 22.2 Å². The molecule has 1 aromatic heterocycles. The lowest BCUT2D eigenvalue weighted by Gasteiger charge is -2.35. The van der Waals surface area contributed by atoms with Gasteiger partial charge in [0, 0.05) is 39.2 Å². The van der Waals surface area contributed by atoms with Crippen molar-refractivity contribution in [2.24, 2.45) is 0 Å². The van der Waals surface area contributed by atoms with Gasteiger partial charge in [-0.3, -0.25) is 14.9 Å². The first-order chi connectivity index (χ1) is 11.0. The molecule has 3 heterocycles. The van der Waals surface area contributed by atoms with Crippen LogP contribution in [0.2, 0.25) is 0 Å². The summed E-state index contributed by atoms with van der Waals surface area (Å²) in [6, 6.07) is 3.03. The summed E-state index contributed by atoms with van der Waals surface area (Å²) >= 11 is 0. The molecule has 0 radical (unpaired) electrons. The minimum atomic E-state index is -0.501. The molecule has 0 unspecified atom stereocenters. The summed E-state index contributed by atoms with van der Waals surface area (Å²) < 4.78 is 10.6. The molecule has 0 bridgehead atoms. The number of piperazine rings is 1. The van der Waals surface area contributed by atoms with Gasteiger partial charge < -0.3 is 19.3 Å². The highest BCUT2D eigenvalue weighted by Crippen LogP contribution is 2.29. The van der Waals surface area contributed by atoms with Gasteiger partial charge in [0.1, 0.15) is 11.9 Å². The van der Waals surface area contributed by atoms with Gasteiger partial charge in [0.15, 0.2) is 0 Å². The molecular formula is C14H18N4O5. The number of hydrogen-bond donors (Lipinski definition) is 0. The number of ether oxygens (including phenoxy) is 2. The molecule has 9 heteroatoms. The minimum absolute atomic E-state index is 0.0230. The first-order valence-corrected chi connectivity index (χ1v) is 7.45. The maximum atomic E-state index is 11.4. The van der Waals surface area contributed by atoms with Crippen LogP contribution in [0.3, 0.4) is 0 Å². The molecule has 1 amide bonds. The molecule has 2 fully saturated rings. The maximum absolute atomic E-state index is 11.4. The third-order valence-corrected chi connectivity index (χ3v) is 3.96. The highest BCUT2D eigenvalue weighted by atomic mass is 16.6. The smallest absolute Gasteiger partial charge is 0.331 e. The molecule has 0 aromatic carbocycles. The highest BCUT2D eigenvalue weighted by molar-refractivity contribution is 5.73. The Morgan fingerprint density at radius 1 is 1.35 bits per heavy atom. The number of aromatic nitrogens is 1. The van der Waals surface area contributed by atoms with Crippen molar-refractivity contribution in [2.75, 3.05) is 44.3 Å². The van der Waals surface area contributed by atoms with E-state index in [1.807, 2.05) is 4.90 Å². The predicted molar refractivity (Wildman–Crippen MR) is 80.6 cm³/mol. The van der Waals surface area contributed by atoms with E-state index in [0.717, 1.165) is 0 Å². The molecule has 3 rings (SSSR count). The summed E-state index contributed by atoms with van der Waals surface area (Å²) in [4.78, 5) is 30.0. The Morgan fingerprint density at radius 3 is 2.57 bits per heavy atom. The third-order valence-electron chi connectivity index (χ3n) is 3.96. The van der Waals surface area contributed by atoms with Crippen molar-refractivity contribution >= 4 is 17.4 Å². The van der Waals surface area contributed by atoms with Crippen molar-refractivity contribution in [1.82, 2.24) is 9.88 Å². The largest absolute Gasteiger partial charge is 0.465 e. The lowest BCUT2D eigenvalue weighted by atomic mass is 10.3. The van der Waals surface area contributed by atoms with E-state index in [1.54, 1.807) is 17.9 Å². The van der Waals surface area contributed by atoms with Crippen LogP contribution in [0.5, 0.6) is 5.88 Å². The fourth-order valence-corrected chi connectivity index (χ4v) is 2.52. The Hall–Kier alpha value is -2.42. The average molecular weight is 322 g/mol. The SMILES string of the molecule is CC(=O)N1CCN(c2ccc([N+](=O)[O-])c(OC3COC3)n2)CC1. The maximum Gasteiger partial charge on any atom is 0.331 e. The Bertz CT molecular complexity index is 611. The van der Waals surface area contributed by atoms with E-state index in [9.17, 15) is 14.9 Å². The molecule has 2 aliphatic heterocycles. The van der Waals surface area contributed by atoms with Gasteiger partial charge >= 0.3 is 5.69 Å². The second-order valence-electron chi connectivity index (χ2n) is 5.52. The fourth-order valence-electron chi connectivity index (χ4n) is 2.52. The molecule has 2 aliphatic rings. The minimum Gasteiger partial charge on any atom is -0.465 e. The summed E-state index contributed by atoms with van der Waals surface area (Å²) in [6.07, 6.45) is -0.189. The Kier molecular flexibility index (Phi) is 4.28. The zero-order chi connectivity index (χ0) is 16.4. The Balaban J connectivity index is 1.76. The molecule has 1 aromatic rings. The van der Waals surface area contributed by atoms with Crippen LogP contribution < -0.4 is 9.64 Å². The molecule has 2 saturated heterocycles. The van der Waals surface area contributed by atoms with Crippen LogP contribution in [-0.2, 0) is 9.53 Å². The molecule has 0 N–H and O–H groups in total. The molecule has 9 nitrogen and oxygen atoms in total. The molecule has 23 heavy (non-hydrogen) atoms. The normalized spacial score (nSPS) is 18.5. The van der Waals surface area contributed by atoms with Crippen LogP contribution in [-0.4, -0.2) is 66.2 Å². The van der Waals surface area contributed by atoms with Gasteiger partial charge in [0.2, 0.25) is 5.91 Å². The number of nitrogens with zero attached hydrogens (tertiary/aromatic N) is 4. The van der Waals surface area contributed by atoms with E-state index in [0.29, 0.717) is 45.2 Å². The second kappa shape index (κ2) is 6.37. The number of carbonyl (C=O) groups excluding carboxylic acids is 1. The van der Waals surface area contributed by atoms with E-state index >= 15 is 0 Å². The van der Waals surface area contributed by atoms with Crippen LogP contribution in [0.25, 0.3) is 0 Å². The number of nitro groups is 1. The molecular weight excluding hydrogens is 304 g/mol. The summed E-state index contributed by atoms with van der Waals surface area (Å²) in [5.74, 6) is 0.694. The van der Waals surface area contributed by atoms with Gasteiger partial charge in [-0.15, -0.1) is 0 Å². The zero-order valence-electron chi connectivity index (χ0n) is 12.8. The predicted octanol–water partition coefficient (Wildman–Crippen LogP) is 0.436. The molecule has 0 saturated carbocycles. The number of amides is 1. The monoisotopic (exact) mass is 322 g/mol. The average Bonchev–Trinajstić information content (AvgIpc) is 2.50. The summed E-state index contributed by atoms with van der Waals surface area (Å²) in [7, 11) is 0. The van der Waals surface area contributed by atoms with Gasteiger partial charge in [-0.1, -0.05) is 0 Å². The summed E-state index contributed by atoms with van der Waals surface area (Å²) in [5, 5.41) is 11.1. The van der Waals surface area contributed by atoms with E-state index in [2.05, 4.69) is 4.98 Å². The number of pyridine rings is 1. The van der Waals surface area contributed by atoms with Gasteiger partial charge in [0.25, 0.3) is 5.88 Å². The summed E-state index contributed by atoms with van der Waals surface area (Å²) in [6.45, 7) is 4.88. The van der Waals surface area contributed by atoms with E-state index < -0.39 is 4.92 Å². The number of anilines is 1. The third kappa shape index (κ3) is 3.34. The molecule has 0 atom stereocenters. The quantitative estimate of drug-likeness (QED) is 0.586. The van der Waals surface area contributed by atoms with Crippen LogP contribution in [0.4, 0.5) is 11.5 Å². The second-order valence-corrected chi connectivity index (χ2v) is 5.52. The van der Waals surface area contributed by atoms with Crippen molar-refractivity contribution in [3.63, 3.8) is 0 Å². The van der Waals surface area contributed by atoms with E-state index in [4.69, 9.17) is 9.47 Å². The number of hydrogen-bond acceptors (Lipinski definition) is 7. The lowest BCUT2D eigenvalue weighted by Crippen LogP contribution is -2.48. The summed E-state index contributed by atoms with van der Waals surface area (Å²) in [5.41, 5.74) is -0.150. The van der Waals surface area contributed by atoms with Gasteiger partial charge in [-0.25, -0.2) is 0 Å². The van der Waals surface area contributed by atoms with Crippen molar-refractivity contribution < 1.29 is 19.2 Å². The number of rotatable bonds is 4. The van der Waals surface area contributed by atoms with Gasteiger partial charge in [-0.05, 0) is 6.07 Å². The first kappa shape index (κ1) is 15.5. The van der Waals surface area contributed by atoms with Crippen molar-refractivity contribution in [1.29, 1.82) is 0 Å². The topological polar surface area (TPSA) is 98.0 Å². The van der Waals surface area contributed by atoms with Crippen LogP contribution in [0.1, 0.15) is 6.92 Å². The van der Waals surface area contributed by atoms with Crippen molar-refractivity contribution in [3.8, 4) is 5.88 Å². The van der Waals surface area contributed by atoms with Gasteiger partial charge in [0.05, 0.1) is 18.1 Å². The Morgan fingerprint density at radius 2 is 2.04 bits per heavy atom. The fraction of sp³-hybridized carbons (Fsp3) is 0.571. The zero-order valence-corrected chi connectivity index (χ0v) is 12.8. The van der Waals surface area contributed by atoms with E-state index in [-0.39, 0.29) is 23.6 Å². The number of carbonyl (C=O) groups is 1. The molecule has 124 valence electrons. The lowest BCUT2D eigenvalue weighted by molar-refractivity contribution is -0.386. The van der Waals surface area contributed by atoms with Crippen molar-refractivity contribution in [2.45, 2.75) is 13.0 Å². The van der Waals surface area contributed by atoms with Gasteiger partial charge in [-0.2, -0.15) is 4.98 Å². The molecule has 0 spiro atoms. The Labute approximate surface area is 132 Å². The van der Waals surface area contributed by atoms with Crippen LogP contribution >= 0.6 is 0 Å².